The fourth-order valence-corrected chi connectivity index (χ4v) is 3.61. The monoisotopic (exact) mass is 358 g/mol. The lowest BCUT2D eigenvalue weighted by Crippen LogP contribution is -2.29. The van der Waals surface area contributed by atoms with E-state index in [4.69, 9.17) is 0 Å². The van der Waals surface area contributed by atoms with E-state index in [1.165, 1.54) is 37.9 Å². The summed E-state index contributed by atoms with van der Waals surface area (Å²) in [7, 11) is 0. The van der Waals surface area contributed by atoms with Gasteiger partial charge in [0.25, 0.3) is 0 Å². The average Bonchev–Trinajstić information content (AvgIpc) is 2.71. The summed E-state index contributed by atoms with van der Waals surface area (Å²) >= 11 is 0. The van der Waals surface area contributed by atoms with Crippen LogP contribution in [0.3, 0.4) is 0 Å². The predicted octanol–water partition coefficient (Wildman–Crippen LogP) is 5.18. The van der Waals surface area contributed by atoms with E-state index < -0.39 is 0 Å². The average molecular weight is 358 g/mol. The minimum Gasteiger partial charge on any atom is -0.340 e. The second-order valence-corrected chi connectivity index (χ2v) is 7.21. The second-order valence-electron chi connectivity index (χ2n) is 7.21. The van der Waals surface area contributed by atoms with Crippen LogP contribution in [0.4, 0.5) is 11.5 Å². The highest BCUT2D eigenvalue weighted by atomic mass is 15.1. The van der Waals surface area contributed by atoms with Crippen molar-refractivity contribution in [2.24, 2.45) is 0 Å². The molecule has 1 saturated heterocycles. The number of hydrogen-bond acceptors (Lipinski definition) is 4. The van der Waals surface area contributed by atoms with E-state index in [1.807, 2.05) is 31.2 Å². The van der Waals surface area contributed by atoms with Gasteiger partial charge in [0.2, 0.25) is 0 Å². The molecule has 1 aliphatic rings. The number of anilines is 2. The SMILES string of the molecule is Cc1nc(Nc2ccc(CN3CCCCC3)cc2)cc(-c2ccccc2)n1. The van der Waals surface area contributed by atoms with Crippen molar-refractivity contribution in [3.05, 3.63) is 72.1 Å². The first-order valence-corrected chi connectivity index (χ1v) is 9.76. The number of rotatable bonds is 5. The molecule has 0 unspecified atom stereocenters. The molecule has 0 bridgehead atoms. The van der Waals surface area contributed by atoms with Crippen LogP contribution < -0.4 is 5.32 Å². The van der Waals surface area contributed by atoms with E-state index in [2.05, 4.69) is 56.6 Å². The molecule has 4 heteroatoms. The topological polar surface area (TPSA) is 41.1 Å². The van der Waals surface area contributed by atoms with Gasteiger partial charge in [-0.1, -0.05) is 48.9 Å². The third-order valence-corrected chi connectivity index (χ3v) is 4.99. The van der Waals surface area contributed by atoms with Crippen LogP contribution in [0, 0.1) is 6.92 Å². The van der Waals surface area contributed by atoms with E-state index in [9.17, 15) is 0 Å². The zero-order valence-corrected chi connectivity index (χ0v) is 15.9. The summed E-state index contributed by atoms with van der Waals surface area (Å²) < 4.78 is 0. The van der Waals surface area contributed by atoms with Crippen LogP contribution in [0.5, 0.6) is 0 Å². The number of hydrogen-bond donors (Lipinski definition) is 1. The van der Waals surface area contributed by atoms with Crippen LogP contribution in [0.1, 0.15) is 30.7 Å². The first-order valence-electron chi connectivity index (χ1n) is 9.76. The summed E-state index contributed by atoms with van der Waals surface area (Å²) in [5.74, 6) is 1.59. The quantitative estimate of drug-likeness (QED) is 0.682. The summed E-state index contributed by atoms with van der Waals surface area (Å²) in [6.07, 6.45) is 4.04. The van der Waals surface area contributed by atoms with Gasteiger partial charge in [-0.3, -0.25) is 4.90 Å². The molecular weight excluding hydrogens is 332 g/mol. The molecule has 0 spiro atoms. The van der Waals surface area contributed by atoms with Crippen molar-refractivity contribution < 1.29 is 0 Å². The van der Waals surface area contributed by atoms with E-state index in [1.54, 1.807) is 0 Å². The maximum atomic E-state index is 4.57. The molecule has 0 aliphatic carbocycles. The molecule has 1 N–H and O–H groups in total. The lowest BCUT2D eigenvalue weighted by Gasteiger charge is -2.26. The Bertz CT molecular complexity index is 869. The molecule has 4 nitrogen and oxygen atoms in total. The molecule has 2 heterocycles. The molecule has 1 aliphatic heterocycles. The minimum absolute atomic E-state index is 0.764. The van der Waals surface area contributed by atoms with E-state index in [-0.39, 0.29) is 0 Å². The highest BCUT2D eigenvalue weighted by Gasteiger charge is 2.10. The van der Waals surface area contributed by atoms with Crippen LogP contribution >= 0.6 is 0 Å². The van der Waals surface area contributed by atoms with Crippen molar-refractivity contribution >= 4 is 11.5 Å². The molecule has 1 aromatic heterocycles. The molecule has 4 rings (SSSR count). The highest BCUT2D eigenvalue weighted by molar-refractivity contribution is 5.65. The first kappa shape index (κ1) is 17.7. The van der Waals surface area contributed by atoms with Gasteiger partial charge >= 0.3 is 0 Å². The van der Waals surface area contributed by atoms with Crippen molar-refractivity contribution in [3.8, 4) is 11.3 Å². The Kier molecular flexibility index (Phi) is 5.45. The second kappa shape index (κ2) is 8.31. The maximum Gasteiger partial charge on any atom is 0.134 e. The smallest absolute Gasteiger partial charge is 0.134 e. The fourth-order valence-electron chi connectivity index (χ4n) is 3.61. The van der Waals surface area contributed by atoms with Crippen LogP contribution in [-0.2, 0) is 6.54 Å². The van der Waals surface area contributed by atoms with Crippen molar-refractivity contribution in [3.63, 3.8) is 0 Å². The van der Waals surface area contributed by atoms with Crippen LogP contribution in [-0.4, -0.2) is 28.0 Å². The lowest BCUT2D eigenvalue weighted by molar-refractivity contribution is 0.221. The van der Waals surface area contributed by atoms with E-state index in [0.29, 0.717) is 0 Å². The van der Waals surface area contributed by atoms with Gasteiger partial charge in [0.15, 0.2) is 0 Å². The summed E-state index contributed by atoms with van der Waals surface area (Å²) in [4.78, 5) is 11.7. The third kappa shape index (κ3) is 4.72. The van der Waals surface area contributed by atoms with Crippen molar-refractivity contribution in [1.29, 1.82) is 0 Å². The summed E-state index contributed by atoms with van der Waals surface area (Å²) in [6.45, 7) is 5.43. The summed E-state index contributed by atoms with van der Waals surface area (Å²) in [5, 5.41) is 3.42. The number of likely N-dealkylation sites (tertiary alicyclic amines) is 1. The van der Waals surface area contributed by atoms with Gasteiger partial charge in [-0.25, -0.2) is 9.97 Å². The van der Waals surface area contributed by atoms with Gasteiger partial charge in [-0.15, -0.1) is 0 Å². The third-order valence-electron chi connectivity index (χ3n) is 4.99. The number of aryl methyl sites for hydroxylation is 1. The van der Waals surface area contributed by atoms with E-state index in [0.717, 1.165) is 35.1 Å². The fraction of sp³-hybridized carbons (Fsp3) is 0.304. The van der Waals surface area contributed by atoms with E-state index >= 15 is 0 Å². The Labute approximate surface area is 161 Å². The normalized spacial score (nSPS) is 14.9. The van der Waals surface area contributed by atoms with Gasteiger partial charge in [0.1, 0.15) is 11.6 Å². The maximum absolute atomic E-state index is 4.57. The molecule has 27 heavy (non-hydrogen) atoms. The molecule has 3 aromatic rings. The summed E-state index contributed by atoms with van der Waals surface area (Å²) in [6, 6.07) is 20.9. The standard InChI is InChI=1S/C23H26N4/c1-18-24-22(20-8-4-2-5-9-20)16-23(25-18)26-21-12-10-19(11-13-21)17-27-14-6-3-7-15-27/h2,4-5,8-13,16H,3,6-7,14-15,17H2,1H3,(H,24,25,26). The zero-order chi connectivity index (χ0) is 18.5. The Morgan fingerprint density at radius 1 is 0.889 bits per heavy atom. The Balaban J connectivity index is 1.46. The highest BCUT2D eigenvalue weighted by Crippen LogP contribution is 2.22. The molecule has 1 fully saturated rings. The predicted molar refractivity (Wildman–Crippen MR) is 111 cm³/mol. The molecule has 0 atom stereocenters. The molecule has 0 amide bonds. The van der Waals surface area contributed by atoms with Gasteiger partial charge in [0.05, 0.1) is 5.69 Å². The zero-order valence-electron chi connectivity index (χ0n) is 15.9. The Morgan fingerprint density at radius 2 is 1.63 bits per heavy atom. The molecular formula is C23H26N4. The van der Waals surface area contributed by atoms with Crippen molar-refractivity contribution in [2.75, 3.05) is 18.4 Å². The van der Waals surface area contributed by atoms with Crippen LogP contribution in [0.25, 0.3) is 11.3 Å². The molecule has 138 valence electrons. The molecule has 0 radical (unpaired) electrons. The Morgan fingerprint density at radius 3 is 2.37 bits per heavy atom. The van der Waals surface area contributed by atoms with Crippen molar-refractivity contribution in [1.82, 2.24) is 14.9 Å². The number of aromatic nitrogens is 2. The molecule has 0 saturated carbocycles. The van der Waals surface area contributed by atoms with Crippen LogP contribution in [0.15, 0.2) is 60.7 Å². The van der Waals surface area contributed by atoms with Crippen molar-refractivity contribution in [2.45, 2.75) is 32.7 Å². The summed E-state index contributed by atoms with van der Waals surface area (Å²) in [5.41, 5.74) is 4.45. The largest absolute Gasteiger partial charge is 0.340 e. The molecule has 2 aromatic carbocycles. The number of benzene rings is 2. The van der Waals surface area contributed by atoms with Gasteiger partial charge in [-0.2, -0.15) is 0 Å². The van der Waals surface area contributed by atoms with Gasteiger partial charge in [0, 0.05) is 23.9 Å². The first-order chi connectivity index (χ1) is 13.3. The lowest BCUT2D eigenvalue weighted by atomic mass is 10.1. The Hall–Kier alpha value is -2.72. The number of nitrogens with zero attached hydrogens (tertiary/aromatic N) is 3. The number of piperidine rings is 1. The minimum atomic E-state index is 0.764. The van der Waals surface area contributed by atoms with Gasteiger partial charge in [-0.05, 0) is 50.6 Å². The van der Waals surface area contributed by atoms with Crippen LogP contribution in [0.2, 0.25) is 0 Å². The van der Waals surface area contributed by atoms with Gasteiger partial charge < -0.3 is 5.32 Å². The number of nitrogens with one attached hydrogen (secondary N) is 1.